The summed E-state index contributed by atoms with van der Waals surface area (Å²) in [4.78, 5) is 15.9. The van der Waals surface area contributed by atoms with Gasteiger partial charge in [-0.25, -0.2) is 4.39 Å². The molecule has 114 valence electrons. The maximum absolute atomic E-state index is 13.1. The third kappa shape index (κ3) is 4.15. The summed E-state index contributed by atoms with van der Waals surface area (Å²) in [5.41, 5.74) is 13.4. The molecule has 0 fully saturated rings. The molecule has 0 saturated heterocycles. The molecule has 2 aromatic rings. The van der Waals surface area contributed by atoms with Gasteiger partial charge in [-0.3, -0.25) is 4.79 Å². The monoisotopic (exact) mass is 299 g/mol. The van der Waals surface area contributed by atoms with Gasteiger partial charge >= 0.3 is 0 Å². The van der Waals surface area contributed by atoms with E-state index in [4.69, 9.17) is 11.5 Å². The second-order valence-electron chi connectivity index (χ2n) is 5.17. The molecule has 22 heavy (non-hydrogen) atoms. The van der Waals surface area contributed by atoms with Crippen LogP contribution in [0.15, 0.2) is 53.5 Å². The van der Waals surface area contributed by atoms with Crippen LogP contribution in [0.25, 0.3) is 0 Å². The minimum atomic E-state index is -0.551. The third-order valence-corrected chi connectivity index (χ3v) is 3.33. The van der Waals surface area contributed by atoms with Crippen molar-refractivity contribution in [1.82, 2.24) is 0 Å². The first-order chi connectivity index (χ1) is 10.5. The molecule has 0 bridgehead atoms. The van der Waals surface area contributed by atoms with Gasteiger partial charge in [-0.2, -0.15) is 4.99 Å². The average molecular weight is 299 g/mol. The van der Waals surface area contributed by atoms with Crippen LogP contribution in [0, 0.1) is 12.7 Å². The van der Waals surface area contributed by atoms with Gasteiger partial charge < -0.3 is 11.5 Å². The fourth-order valence-electron chi connectivity index (χ4n) is 2.32. The average Bonchev–Trinajstić information content (AvgIpc) is 2.45. The number of aliphatic imine (C=N–C) groups is 1. The number of nitrogens with two attached hydrogens (primary N) is 2. The van der Waals surface area contributed by atoms with Crippen LogP contribution in [0.3, 0.4) is 0 Å². The predicted octanol–water partition coefficient (Wildman–Crippen LogP) is 2.26. The minimum Gasteiger partial charge on any atom is -0.370 e. The Bertz CT molecular complexity index is 691. The highest BCUT2D eigenvalue weighted by Gasteiger charge is 2.21. The fourth-order valence-corrected chi connectivity index (χ4v) is 2.32. The molecule has 0 aliphatic heterocycles. The Balaban J connectivity index is 2.35. The lowest BCUT2D eigenvalue weighted by Crippen LogP contribution is -2.26. The molecule has 0 heterocycles. The summed E-state index contributed by atoms with van der Waals surface area (Å²) in [6.07, 6.45) is 0.447. The zero-order valence-corrected chi connectivity index (χ0v) is 12.3. The van der Waals surface area contributed by atoms with Crippen molar-refractivity contribution in [3.63, 3.8) is 0 Å². The fraction of sp³-hybridized carbons (Fsp3) is 0.176. The van der Waals surface area contributed by atoms with E-state index in [9.17, 15) is 9.18 Å². The molecular formula is C17H18FN3O. The number of nitrogens with zero attached hydrogens (tertiary/aromatic N) is 1. The molecule has 1 atom stereocenters. The summed E-state index contributed by atoms with van der Waals surface area (Å²) < 4.78 is 13.1. The number of rotatable bonds is 4. The summed E-state index contributed by atoms with van der Waals surface area (Å²) >= 11 is 0. The second-order valence-corrected chi connectivity index (χ2v) is 5.17. The maximum Gasteiger partial charge on any atom is 0.256 e. The summed E-state index contributed by atoms with van der Waals surface area (Å²) in [6.45, 7) is 1.98. The molecule has 0 unspecified atom stereocenters. The van der Waals surface area contributed by atoms with Gasteiger partial charge in [0.2, 0.25) is 0 Å². The van der Waals surface area contributed by atoms with Crippen molar-refractivity contribution >= 4 is 11.9 Å². The van der Waals surface area contributed by atoms with Crippen molar-refractivity contribution in [3.8, 4) is 0 Å². The van der Waals surface area contributed by atoms with Crippen molar-refractivity contribution < 1.29 is 9.18 Å². The van der Waals surface area contributed by atoms with E-state index in [0.717, 1.165) is 11.1 Å². The van der Waals surface area contributed by atoms with Crippen LogP contribution in [0.5, 0.6) is 0 Å². The highest BCUT2D eigenvalue weighted by Crippen LogP contribution is 2.23. The van der Waals surface area contributed by atoms with Gasteiger partial charge in [-0.05, 0) is 36.6 Å². The van der Waals surface area contributed by atoms with Crippen LogP contribution >= 0.6 is 0 Å². The SMILES string of the molecule is Cc1cccc(C[C@@H](C(=O)N=C(N)N)c2ccc(F)cc2)c1. The zero-order valence-electron chi connectivity index (χ0n) is 12.3. The van der Waals surface area contributed by atoms with E-state index in [1.807, 2.05) is 31.2 Å². The van der Waals surface area contributed by atoms with E-state index in [1.165, 1.54) is 12.1 Å². The van der Waals surface area contributed by atoms with Gasteiger partial charge in [0.05, 0.1) is 5.92 Å². The summed E-state index contributed by atoms with van der Waals surface area (Å²) in [6, 6.07) is 13.6. The molecule has 1 amide bonds. The van der Waals surface area contributed by atoms with Crippen molar-refractivity contribution in [2.24, 2.45) is 16.5 Å². The van der Waals surface area contributed by atoms with Gasteiger partial charge in [0.1, 0.15) is 5.82 Å². The summed E-state index contributed by atoms with van der Waals surface area (Å²) in [7, 11) is 0. The van der Waals surface area contributed by atoms with Crippen molar-refractivity contribution in [1.29, 1.82) is 0 Å². The molecule has 0 aliphatic rings. The van der Waals surface area contributed by atoms with Crippen LogP contribution in [0.2, 0.25) is 0 Å². The summed E-state index contributed by atoms with van der Waals surface area (Å²) in [5, 5.41) is 0. The number of benzene rings is 2. The number of aryl methyl sites for hydroxylation is 1. The molecule has 0 radical (unpaired) electrons. The lowest BCUT2D eigenvalue weighted by Gasteiger charge is -2.14. The molecule has 0 spiro atoms. The van der Waals surface area contributed by atoms with Gasteiger partial charge in [0, 0.05) is 0 Å². The van der Waals surface area contributed by atoms with E-state index in [2.05, 4.69) is 4.99 Å². The Morgan fingerprint density at radius 2 is 1.86 bits per heavy atom. The number of guanidine groups is 1. The highest BCUT2D eigenvalue weighted by molar-refractivity contribution is 5.95. The standard InChI is InChI=1S/C17H18FN3O/c1-11-3-2-4-12(9-11)10-15(16(22)21-17(19)20)13-5-7-14(18)8-6-13/h2-9,15H,10H2,1H3,(H4,19,20,21,22)/t15-/m1/s1. The first-order valence-electron chi connectivity index (χ1n) is 6.90. The van der Waals surface area contributed by atoms with Crippen LogP contribution in [-0.4, -0.2) is 11.9 Å². The predicted molar refractivity (Wildman–Crippen MR) is 84.8 cm³/mol. The highest BCUT2D eigenvalue weighted by atomic mass is 19.1. The molecule has 0 aliphatic carbocycles. The smallest absolute Gasteiger partial charge is 0.256 e. The van der Waals surface area contributed by atoms with Crippen LogP contribution in [-0.2, 0) is 11.2 Å². The number of hydrogen-bond donors (Lipinski definition) is 2. The Kier molecular flexibility index (Phi) is 4.88. The number of carbonyl (C=O) groups excluding carboxylic acids is 1. The van der Waals surface area contributed by atoms with Crippen molar-refractivity contribution in [2.45, 2.75) is 19.3 Å². The lowest BCUT2D eigenvalue weighted by molar-refractivity contribution is -0.119. The van der Waals surface area contributed by atoms with Crippen molar-refractivity contribution in [2.75, 3.05) is 0 Å². The van der Waals surface area contributed by atoms with E-state index < -0.39 is 11.8 Å². The van der Waals surface area contributed by atoms with E-state index in [1.54, 1.807) is 12.1 Å². The molecule has 2 rings (SSSR count). The molecule has 5 heteroatoms. The normalized spacial score (nSPS) is 11.7. The topological polar surface area (TPSA) is 81.5 Å². The summed E-state index contributed by atoms with van der Waals surface area (Å²) in [5.74, 6) is -1.62. The second kappa shape index (κ2) is 6.85. The molecule has 2 aromatic carbocycles. The van der Waals surface area contributed by atoms with Crippen LogP contribution in [0.4, 0.5) is 4.39 Å². The Morgan fingerprint density at radius 3 is 2.45 bits per heavy atom. The largest absolute Gasteiger partial charge is 0.370 e. The number of amides is 1. The van der Waals surface area contributed by atoms with E-state index in [-0.39, 0.29) is 11.8 Å². The minimum absolute atomic E-state index is 0.277. The van der Waals surface area contributed by atoms with Crippen molar-refractivity contribution in [3.05, 3.63) is 71.0 Å². The third-order valence-electron chi connectivity index (χ3n) is 3.33. The molecule has 4 nitrogen and oxygen atoms in total. The number of hydrogen-bond acceptors (Lipinski definition) is 1. The molecule has 0 saturated carbocycles. The van der Waals surface area contributed by atoms with Gasteiger partial charge in [-0.1, -0.05) is 42.0 Å². The maximum atomic E-state index is 13.1. The molecule has 0 aromatic heterocycles. The van der Waals surface area contributed by atoms with Gasteiger partial charge in [0.15, 0.2) is 5.96 Å². The number of halogens is 1. The van der Waals surface area contributed by atoms with E-state index in [0.29, 0.717) is 12.0 Å². The van der Waals surface area contributed by atoms with Gasteiger partial charge in [0.25, 0.3) is 5.91 Å². The Morgan fingerprint density at radius 1 is 1.18 bits per heavy atom. The van der Waals surface area contributed by atoms with Crippen LogP contribution < -0.4 is 11.5 Å². The Hall–Kier alpha value is -2.69. The van der Waals surface area contributed by atoms with Gasteiger partial charge in [-0.15, -0.1) is 0 Å². The first-order valence-corrected chi connectivity index (χ1v) is 6.90. The molecular weight excluding hydrogens is 281 g/mol. The first kappa shape index (κ1) is 15.7. The quantitative estimate of drug-likeness (QED) is 0.671. The van der Waals surface area contributed by atoms with E-state index >= 15 is 0 Å². The zero-order chi connectivity index (χ0) is 16.1. The van der Waals surface area contributed by atoms with Crippen LogP contribution in [0.1, 0.15) is 22.6 Å². The Labute approximate surface area is 128 Å². The number of carbonyl (C=O) groups is 1. The lowest BCUT2D eigenvalue weighted by atomic mass is 9.91. The molecule has 4 N–H and O–H groups in total.